The SMILES string of the molecule is CNCCCc1ccc(Cl)cc1OCCN[C@H](C(=O)O)C1CC1. The minimum atomic E-state index is -0.775. The van der Waals surface area contributed by atoms with Crippen LogP contribution in [0.25, 0.3) is 0 Å². The Morgan fingerprint density at radius 1 is 1.43 bits per heavy atom. The molecule has 2 rings (SSSR count). The smallest absolute Gasteiger partial charge is 0.320 e. The zero-order valence-corrected chi connectivity index (χ0v) is 14.2. The van der Waals surface area contributed by atoms with Crippen LogP contribution in [0, 0.1) is 5.92 Å². The van der Waals surface area contributed by atoms with Gasteiger partial charge in [0, 0.05) is 11.6 Å². The summed E-state index contributed by atoms with van der Waals surface area (Å²) >= 11 is 6.05. The molecule has 1 atom stereocenters. The fourth-order valence-corrected chi connectivity index (χ4v) is 2.75. The molecule has 0 heterocycles. The number of benzene rings is 1. The van der Waals surface area contributed by atoms with Gasteiger partial charge in [-0.25, -0.2) is 0 Å². The first-order valence-electron chi connectivity index (χ1n) is 8.14. The van der Waals surface area contributed by atoms with Crippen LogP contribution in [0.3, 0.4) is 0 Å². The van der Waals surface area contributed by atoms with Crippen LogP contribution < -0.4 is 15.4 Å². The average molecular weight is 341 g/mol. The molecule has 0 radical (unpaired) electrons. The Morgan fingerprint density at radius 3 is 2.87 bits per heavy atom. The first-order valence-corrected chi connectivity index (χ1v) is 8.51. The van der Waals surface area contributed by atoms with E-state index in [9.17, 15) is 9.90 Å². The van der Waals surface area contributed by atoms with Crippen LogP contribution >= 0.6 is 11.6 Å². The molecular weight excluding hydrogens is 316 g/mol. The molecule has 0 aliphatic heterocycles. The molecule has 1 saturated carbocycles. The summed E-state index contributed by atoms with van der Waals surface area (Å²) in [6.45, 7) is 1.89. The van der Waals surface area contributed by atoms with E-state index in [-0.39, 0.29) is 5.92 Å². The molecule has 0 bridgehead atoms. The second kappa shape index (κ2) is 9.11. The number of carboxylic acid groups (broad SMARTS) is 1. The molecule has 1 aromatic rings. The third kappa shape index (κ3) is 6.01. The molecule has 1 aliphatic carbocycles. The van der Waals surface area contributed by atoms with Crippen molar-refractivity contribution in [3.8, 4) is 5.75 Å². The number of carbonyl (C=O) groups is 1. The zero-order chi connectivity index (χ0) is 16.7. The van der Waals surface area contributed by atoms with Crippen LogP contribution in [0.4, 0.5) is 0 Å². The van der Waals surface area contributed by atoms with Gasteiger partial charge in [-0.15, -0.1) is 0 Å². The van der Waals surface area contributed by atoms with E-state index in [1.165, 1.54) is 0 Å². The number of hydrogen-bond acceptors (Lipinski definition) is 4. The van der Waals surface area contributed by atoms with Crippen LogP contribution in [-0.2, 0) is 11.2 Å². The number of hydrogen-bond donors (Lipinski definition) is 3. The number of ether oxygens (including phenoxy) is 1. The summed E-state index contributed by atoms with van der Waals surface area (Å²) in [4.78, 5) is 11.2. The molecule has 0 aromatic heterocycles. The van der Waals surface area contributed by atoms with Gasteiger partial charge in [0.15, 0.2) is 0 Å². The molecule has 5 nitrogen and oxygen atoms in total. The topological polar surface area (TPSA) is 70.6 Å². The highest BCUT2D eigenvalue weighted by Crippen LogP contribution is 2.32. The first-order chi connectivity index (χ1) is 11.1. The molecule has 0 unspecified atom stereocenters. The summed E-state index contributed by atoms with van der Waals surface area (Å²) in [6, 6.07) is 5.24. The summed E-state index contributed by atoms with van der Waals surface area (Å²) in [7, 11) is 1.93. The number of halogens is 1. The van der Waals surface area contributed by atoms with Crippen LogP contribution in [0.15, 0.2) is 18.2 Å². The Labute approximate surface area is 142 Å². The molecule has 0 saturated heterocycles. The number of aryl methyl sites for hydroxylation is 1. The molecule has 1 fully saturated rings. The Hall–Kier alpha value is -1.30. The van der Waals surface area contributed by atoms with Crippen molar-refractivity contribution in [2.45, 2.75) is 31.7 Å². The maximum atomic E-state index is 11.2. The Balaban J connectivity index is 1.81. The molecule has 3 N–H and O–H groups in total. The van der Waals surface area contributed by atoms with E-state index in [0.717, 1.165) is 43.5 Å². The lowest BCUT2D eigenvalue weighted by Gasteiger charge is -2.15. The van der Waals surface area contributed by atoms with E-state index in [1.807, 2.05) is 25.2 Å². The van der Waals surface area contributed by atoms with Crippen molar-refractivity contribution < 1.29 is 14.6 Å². The van der Waals surface area contributed by atoms with Crippen molar-refractivity contribution in [2.24, 2.45) is 5.92 Å². The van der Waals surface area contributed by atoms with E-state index < -0.39 is 12.0 Å². The van der Waals surface area contributed by atoms with Gasteiger partial charge in [-0.05, 0) is 62.9 Å². The third-order valence-electron chi connectivity index (χ3n) is 3.99. The number of aliphatic carboxylic acids is 1. The highest BCUT2D eigenvalue weighted by Gasteiger charge is 2.35. The quantitative estimate of drug-likeness (QED) is 0.539. The highest BCUT2D eigenvalue weighted by atomic mass is 35.5. The highest BCUT2D eigenvalue weighted by molar-refractivity contribution is 6.30. The minimum absolute atomic E-state index is 0.274. The number of carboxylic acids is 1. The van der Waals surface area contributed by atoms with Crippen molar-refractivity contribution >= 4 is 17.6 Å². The van der Waals surface area contributed by atoms with Crippen molar-refractivity contribution in [1.82, 2.24) is 10.6 Å². The lowest BCUT2D eigenvalue weighted by Crippen LogP contribution is -2.40. The monoisotopic (exact) mass is 340 g/mol. The van der Waals surface area contributed by atoms with Crippen LogP contribution in [-0.4, -0.2) is 43.9 Å². The second-order valence-electron chi connectivity index (χ2n) is 5.92. The zero-order valence-electron chi connectivity index (χ0n) is 13.5. The Bertz CT molecular complexity index is 521. The van der Waals surface area contributed by atoms with Crippen LogP contribution in [0.5, 0.6) is 5.75 Å². The largest absolute Gasteiger partial charge is 0.492 e. The van der Waals surface area contributed by atoms with Gasteiger partial charge in [0.25, 0.3) is 0 Å². The Morgan fingerprint density at radius 2 is 2.22 bits per heavy atom. The molecule has 0 amide bonds. The first kappa shape index (κ1) is 18.0. The fraction of sp³-hybridized carbons (Fsp3) is 0.588. The molecule has 23 heavy (non-hydrogen) atoms. The standard InChI is InChI=1S/C17H25ClN2O3/c1-19-8-2-3-12-6-7-14(18)11-15(12)23-10-9-20-16(17(21)22)13-4-5-13/h6-7,11,13,16,19-20H,2-5,8-10H2,1H3,(H,21,22)/t16-/m0/s1. The van der Waals surface area contributed by atoms with Gasteiger partial charge in [-0.3, -0.25) is 4.79 Å². The van der Waals surface area contributed by atoms with E-state index in [1.54, 1.807) is 0 Å². The fourth-order valence-electron chi connectivity index (χ4n) is 2.59. The summed E-state index contributed by atoms with van der Waals surface area (Å²) in [5.41, 5.74) is 1.13. The van der Waals surface area contributed by atoms with E-state index >= 15 is 0 Å². The summed E-state index contributed by atoms with van der Waals surface area (Å²) in [5, 5.41) is 16.0. The van der Waals surface area contributed by atoms with Crippen LogP contribution in [0.2, 0.25) is 5.02 Å². The van der Waals surface area contributed by atoms with Crippen molar-refractivity contribution in [1.29, 1.82) is 0 Å². The van der Waals surface area contributed by atoms with Gasteiger partial charge in [0.2, 0.25) is 0 Å². The lowest BCUT2D eigenvalue weighted by molar-refractivity contribution is -0.140. The lowest BCUT2D eigenvalue weighted by atomic mass is 10.1. The Kier molecular flexibility index (Phi) is 7.15. The summed E-state index contributed by atoms with van der Waals surface area (Å²) in [6.07, 6.45) is 3.93. The van der Waals surface area contributed by atoms with Gasteiger partial charge >= 0.3 is 5.97 Å². The van der Waals surface area contributed by atoms with Gasteiger partial charge in [-0.2, -0.15) is 0 Å². The van der Waals surface area contributed by atoms with E-state index in [0.29, 0.717) is 18.2 Å². The molecule has 1 aliphatic rings. The second-order valence-corrected chi connectivity index (χ2v) is 6.35. The number of rotatable bonds is 11. The van der Waals surface area contributed by atoms with E-state index in [4.69, 9.17) is 16.3 Å². The van der Waals surface area contributed by atoms with Crippen LogP contribution in [0.1, 0.15) is 24.8 Å². The molecule has 0 spiro atoms. The maximum Gasteiger partial charge on any atom is 0.320 e. The predicted molar refractivity (Wildman–Crippen MR) is 91.3 cm³/mol. The van der Waals surface area contributed by atoms with Gasteiger partial charge in [0.05, 0.1) is 0 Å². The van der Waals surface area contributed by atoms with E-state index in [2.05, 4.69) is 10.6 Å². The normalized spacial score (nSPS) is 15.4. The predicted octanol–water partition coefficient (Wildman–Crippen LogP) is 2.32. The maximum absolute atomic E-state index is 11.2. The molecule has 1 aromatic carbocycles. The molecule has 128 valence electrons. The molecular formula is C17H25ClN2O3. The van der Waals surface area contributed by atoms with Crippen molar-refractivity contribution in [3.63, 3.8) is 0 Å². The molecule has 6 heteroatoms. The third-order valence-corrected chi connectivity index (χ3v) is 4.22. The average Bonchev–Trinajstić information content (AvgIpc) is 3.33. The van der Waals surface area contributed by atoms with Crippen molar-refractivity contribution in [3.05, 3.63) is 28.8 Å². The van der Waals surface area contributed by atoms with Gasteiger partial charge in [0.1, 0.15) is 18.4 Å². The minimum Gasteiger partial charge on any atom is -0.492 e. The van der Waals surface area contributed by atoms with Gasteiger partial charge < -0.3 is 20.5 Å². The summed E-state index contributed by atoms with van der Waals surface area (Å²) in [5.74, 6) is 0.285. The van der Waals surface area contributed by atoms with Crippen molar-refractivity contribution in [2.75, 3.05) is 26.7 Å². The summed E-state index contributed by atoms with van der Waals surface area (Å²) < 4.78 is 5.82. The van der Waals surface area contributed by atoms with Gasteiger partial charge in [-0.1, -0.05) is 17.7 Å². The number of nitrogens with one attached hydrogen (secondary N) is 2.